The summed E-state index contributed by atoms with van der Waals surface area (Å²) in [6, 6.07) is 5.65. The Hall–Kier alpha value is -2.04. The molecule has 2 amide bonds. The molecule has 0 bridgehead atoms. The highest BCUT2D eigenvalue weighted by Crippen LogP contribution is 2.25. The van der Waals surface area contributed by atoms with Gasteiger partial charge in [-0.15, -0.1) is 0 Å². The van der Waals surface area contributed by atoms with Crippen LogP contribution < -0.4 is 10.6 Å². The Balaban J connectivity index is 2.09. The van der Waals surface area contributed by atoms with Gasteiger partial charge in [-0.25, -0.2) is 0 Å². The van der Waals surface area contributed by atoms with E-state index < -0.39 is 0 Å². The summed E-state index contributed by atoms with van der Waals surface area (Å²) in [5, 5.41) is 5.96. The largest absolute Gasteiger partial charge is 0.385 e. The number of anilines is 1. The first kappa shape index (κ1) is 13.4. The number of carbonyl (C=O) groups excluding carboxylic acids is 2. The molecular weight excluding hydrogens is 242 g/mol. The van der Waals surface area contributed by atoms with Gasteiger partial charge in [-0.2, -0.15) is 0 Å². The van der Waals surface area contributed by atoms with Gasteiger partial charge < -0.3 is 15.5 Å². The van der Waals surface area contributed by atoms with Crippen LogP contribution in [-0.2, 0) is 11.2 Å². The van der Waals surface area contributed by atoms with Gasteiger partial charge >= 0.3 is 0 Å². The van der Waals surface area contributed by atoms with E-state index in [1.54, 1.807) is 20.2 Å². The van der Waals surface area contributed by atoms with Crippen LogP contribution in [0.1, 0.15) is 22.3 Å². The summed E-state index contributed by atoms with van der Waals surface area (Å²) in [6.07, 6.45) is 1.92. The van der Waals surface area contributed by atoms with Crippen LogP contribution in [0.3, 0.4) is 0 Å². The topological polar surface area (TPSA) is 61.4 Å². The van der Waals surface area contributed by atoms with E-state index in [4.69, 9.17) is 0 Å². The molecule has 0 atom stereocenters. The van der Waals surface area contributed by atoms with Gasteiger partial charge in [0.1, 0.15) is 0 Å². The molecule has 5 nitrogen and oxygen atoms in total. The summed E-state index contributed by atoms with van der Waals surface area (Å²) in [7, 11) is 3.34. The monoisotopic (exact) mass is 261 g/mol. The first-order chi connectivity index (χ1) is 9.09. The molecule has 0 saturated carbocycles. The number of nitrogens with zero attached hydrogens (tertiary/aromatic N) is 1. The van der Waals surface area contributed by atoms with Crippen LogP contribution in [-0.4, -0.2) is 43.9 Å². The van der Waals surface area contributed by atoms with Crippen molar-refractivity contribution in [2.45, 2.75) is 12.8 Å². The molecule has 5 heteroatoms. The van der Waals surface area contributed by atoms with Gasteiger partial charge in [0.2, 0.25) is 5.91 Å². The van der Waals surface area contributed by atoms with Crippen molar-refractivity contribution in [2.75, 3.05) is 32.5 Å². The molecule has 1 aliphatic rings. The quantitative estimate of drug-likeness (QED) is 0.848. The maximum atomic E-state index is 12.1. The standard InChI is InChI=1S/C14H19N3O2/c1-17(2)13(18)9-16-14(19)11-5-3-7-12-10(11)6-4-8-15-12/h3,5,7,15H,4,6,8-9H2,1-2H3,(H,16,19). The van der Waals surface area contributed by atoms with E-state index in [2.05, 4.69) is 10.6 Å². The molecule has 2 rings (SSSR count). The van der Waals surface area contributed by atoms with E-state index in [0.717, 1.165) is 30.6 Å². The molecule has 0 aliphatic carbocycles. The van der Waals surface area contributed by atoms with Crippen molar-refractivity contribution in [1.29, 1.82) is 0 Å². The number of amides is 2. The molecule has 0 spiro atoms. The Morgan fingerprint density at radius 3 is 2.89 bits per heavy atom. The van der Waals surface area contributed by atoms with Crippen molar-refractivity contribution >= 4 is 17.5 Å². The summed E-state index contributed by atoms with van der Waals surface area (Å²) < 4.78 is 0. The molecule has 0 saturated heterocycles. The summed E-state index contributed by atoms with van der Waals surface area (Å²) in [5.41, 5.74) is 2.73. The van der Waals surface area contributed by atoms with Gasteiger partial charge in [0.15, 0.2) is 0 Å². The molecular formula is C14H19N3O2. The van der Waals surface area contributed by atoms with E-state index in [-0.39, 0.29) is 18.4 Å². The molecule has 19 heavy (non-hydrogen) atoms. The molecule has 102 valence electrons. The number of hydrogen-bond acceptors (Lipinski definition) is 3. The average Bonchev–Trinajstić information content (AvgIpc) is 2.43. The zero-order chi connectivity index (χ0) is 13.8. The summed E-state index contributed by atoms with van der Waals surface area (Å²) >= 11 is 0. The fourth-order valence-electron chi connectivity index (χ4n) is 2.13. The second-order valence-corrected chi connectivity index (χ2v) is 4.83. The Kier molecular flexibility index (Phi) is 4.04. The minimum absolute atomic E-state index is 0.0307. The van der Waals surface area contributed by atoms with Gasteiger partial charge in [-0.3, -0.25) is 9.59 Å². The van der Waals surface area contributed by atoms with Gasteiger partial charge in [-0.05, 0) is 30.5 Å². The number of carbonyl (C=O) groups is 2. The Bertz CT molecular complexity index is 497. The van der Waals surface area contributed by atoms with E-state index in [9.17, 15) is 9.59 Å². The highest BCUT2D eigenvalue weighted by molar-refractivity contribution is 5.99. The summed E-state index contributed by atoms with van der Waals surface area (Å²) in [5.74, 6) is -0.299. The first-order valence-electron chi connectivity index (χ1n) is 6.43. The molecule has 2 N–H and O–H groups in total. The highest BCUT2D eigenvalue weighted by Gasteiger charge is 2.17. The zero-order valence-electron chi connectivity index (χ0n) is 11.3. The number of hydrogen-bond donors (Lipinski definition) is 2. The second kappa shape index (κ2) is 5.73. The van der Waals surface area contributed by atoms with Crippen molar-refractivity contribution in [3.63, 3.8) is 0 Å². The van der Waals surface area contributed by atoms with E-state index in [1.807, 2.05) is 12.1 Å². The third-order valence-corrected chi connectivity index (χ3v) is 3.24. The van der Waals surface area contributed by atoms with Crippen molar-refractivity contribution in [1.82, 2.24) is 10.2 Å². The molecule has 1 aliphatic heterocycles. The SMILES string of the molecule is CN(C)C(=O)CNC(=O)c1cccc2c1CCCN2. The molecule has 1 heterocycles. The van der Waals surface area contributed by atoms with Crippen LogP contribution in [0.2, 0.25) is 0 Å². The van der Waals surface area contributed by atoms with Crippen LogP contribution in [0, 0.1) is 0 Å². The third kappa shape index (κ3) is 3.05. The Morgan fingerprint density at radius 1 is 1.37 bits per heavy atom. The third-order valence-electron chi connectivity index (χ3n) is 3.24. The molecule has 0 aromatic heterocycles. The van der Waals surface area contributed by atoms with Gasteiger partial charge in [0.25, 0.3) is 5.91 Å². The fourth-order valence-corrected chi connectivity index (χ4v) is 2.13. The van der Waals surface area contributed by atoms with Gasteiger partial charge in [0, 0.05) is 31.9 Å². The number of nitrogens with one attached hydrogen (secondary N) is 2. The van der Waals surface area contributed by atoms with Crippen molar-refractivity contribution < 1.29 is 9.59 Å². The normalized spacial score (nSPS) is 13.2. The zero-order valence-corrected chi connectivity index (χ0v) is 11.3. The van der Waals surface area contributed by atoms with Crippen molar-refractivity contribution in [3.05, 3.63) is 29.3 Å². The predicted molar refractivity (Wildman–Crippen MR) is 74.3 cm³/mol. The average molecular weight is 261 g/mol. The van der Waals surface area contributed by atoms with Gasteiger partial charge in [0.05, 0.1) is 6.54 Å². The molecule has 0 radical (unpaired) electrons. The summed E-state index contributed by atoms with van der Waals surface area (Å²) in [6.45, 7) is 0.972. The number of rotatable bonds is 3. The fraction of sp³-hybridized carbons (Fsp3) is 0.429. The molecule has 0 unspecified atom stereocenters. The lowest BCUT2D eigenvalue weighted by Gasteiger charge is -2.20. The van der Waals surface area contributed by atoms with Crippen molar-refractivity contribution in [3.8, 4) is 0 Å². The number of benzene rings is 1. The maximum Gasteiger partial charge on any atom is 0.252 e. The van der Waals surface area contributed by atoms with Crippen LogP contribution in [0.15, 0.2) is 18.2 Å². The van der Waals surface area contributed by atoms with E-state index >= 15 is 0 Å². The predicted octanol–water partition coefficient (Wildman–Crippen LogP) is 0.863. The smallest absolute Gasteiger partial charge is 0.252 e. The lowest BCUT2D eigenvalue weighted by molar-refractivity contribution is -0.127. The lowest BCUT2D eigenvalue weighted by Crippen LogP contribution is -2.36. The molecule has 0 fully saturated rings. The molecule has 1 aromatic rings. The Morgan fingerprint density at radius 2 is 2.16 bits per heavy atom. The van der Waals surface area contributed by atoms with Crippen LogP contribution in [0.5, 0.6) is 0 Å². The van der Waals surface area contributed by atoms with E-state index in [1.165, 1.54) is 4.90 Å². The van der Waals surface area contributed by atoms with Crippen LogP contribution in [0.25, 0.3) is 0 Å². The van der Waals surface area contributed by atoms with E-state index in [0.29, 0.717) is 5.56 Å². The minimum Gasteiger partial charge on any atom is -0.385 e. The number of likely N-dealkylation sites (N-methyl/N-ethyl adjacent to an activating group) is 1. The highest BCUT2D eigenvalue weighted by atomic mass is 16.2. The summed E-state index contributed by atoms with van der Waals surface area (Å²) in [4.78, 5) is 25.1. The number of fused-ring (bicyclic) bond motifs is 1. The first-order valence-corrected chi connectivity index (χ1v) is 6.43. The second-order valence-electron chi connectivity index (χ2n) is 4.83. The minimum atomic E-state index is -0.184. The van der Waals surface area contributed by atoms with Crippen molar-refractivity contribution in [2.24, 2.45) is 0 Å². The Labute approximate surface area is 113 Å². The lowest BCUT2D eigenvalue weighted by atomic mass is 9.97. The maximum absolute atomic E-state index is 12.1. The van der Waals surface area contributed by atoms with Gasteiger partial charge in [-0.1, -0.05) is 6.07 Å². The van der Waals surface area contributed by atoms with Crippen LogP contribution >= 0.6 is 0 Å². The van der Waals surface area contributed by atoms with Crippen LogP contribution in [0.4, 0.5) is 5.69 Å². The molecule has 1 aromatic carbocycles.